The highest BCUT2D eigenvalue weighted by atomic mass is 16.5. The number of ether oxygens (including phenoxy) is 4. The number of benzene rings is 4. The summed E-state index contributed by atoms with van der Waals surface area (Å²) in [5, 5.41) is 12.3. The lowest BCUT2D eigenvalue weighted by atomic mass is 9.82. The number of methoxy groups -OCH3 is 1. The van der Waals surface area contributed by atoms with Crippen molar-refractivity contribution in [2.45, 2.75) is 37.8 Å². The fraction of sp³-hybridized carbons (Fsp3) is 0.297. The molecule has 4 aromatic carbocycles. The minimum atomic E-state index is -1.31. The summed E-state index contributed by atoms with van der Waals surface area (Å²) in [6, 6.07) is 32.8. The first-order chi connectivity index (χ1) is 22.1. The lowest BCUT2D eigenvalue weighted by molar-refractivity contribution is -0.128. The molecule has 1 aliphatic heterocycles. The van der Waals surface area contributed by atoms with E-state index in [0.717, 1.165) is 28.0 Å². The number of hydrogen-bond acceptors (Lipinski definition) is 7. The van der Waals surface area contributed by atoms with Gasteiger partial charge in [-0.25, -0.2) is 4.99 Å². The fourth-order valence-electron chi connectivity index (χ4n) is 5.46. The molecule has 0 spiro atoms. The van der Waals surface area contributed by atoms with Crippen LogP contribution < -0.4 is 19.5 Å². The Labute approximate surface area is 264 Å². The summed E-state index contributed by atoms with van der Waals surface area (Å²) < 4.78 is 23.7. The van der Waals surface area contributed by atoms with Crippen molar-refractivity contribution in [1.29, 1.82) is 0 Å². The molecule has 45 heavy (non-hydrogen) atoms. The minimum Gasteiger partial charge on any atom is -0.497 e. The number of amides is 1. The first-order valence-electron chi connectivity index (χ1n) is 15.3. The number of nitrogens with zero attached hydrogens (tertiary/aromatic N) is 1. The van der Waals surface area contributed by atoms with Crippen molar-refractivity contribution in [1.82, 2.24) is 5.32 Å². The number of para-hydroxylation sites is 1. The van der Waals surface area contributed by atoms with Crippen LogP contribution in [-0.4, -0.2) is 55.9 Å². The van der Waals surface area contributed by atoms with Crippen molar-refractivity contribution in [3.8, 4) is 17.2 Å². The zero-order valence-electron chi connectivity index (χ0n) is 25.8. The first-order valence-corrected chi connectivity index (χ1v) is 15.3. The largest absolute Gasteiger partial charge is 0.497 e. The predicted octanol–water partition coefficient (Wildman–Crippen LogP) is 5.71. The highest BCUT2D eigenvalue weighted by molar-refractivity contribution is 6.01. The van der Waals surface area contributed by atoms with E-state index in [-0.39, 0.29) is 12.5 Å². The number of hydrogen-bond donors (Lipinski definition) is 2. The summed E-state index contributed by atoms with van der Waals surface area (Å²) in [7, 11) is 1.62. The van der Waals surface area contributed by atoms with E-state index >= 15 is 0 Å². The maximum absolute atomic E-state index is 14.5. The standard InChI is InChI=1S/C37H40N2O6/c1-3-43-33-16-8-7-13-28(33)21-22-38-36(41)37(26-27-11-5-4-6-12-27)34(30-14-9-15-32(25-30)42-2)45-35(39-37)29-17-19-31(20-18-29)44-24-10-23-40/h4-9,11-20,25,34,40H,3,10,21-24,26H2,1-2H3,(H,38,41)/t34-,37-/m1/s1. The summed E-state index contributed by atoms with van der Waals surface area (Å²) in [6.07, 6.45) is 0.748. The second-order valence-corrected chi connectivity index (χ2v) is 10.8. The van der Waals surface area contributed by atoms with Gasteiger partial charge in [-0.2, -0.15) is 0 Å². The molecule has 1 amide bonds. The van der Waals surface area contributed by atoms with Crippen LogP contribution in [0.2, 0.25) is 0 Å². The second-order valence-electron chi connectivity index (χ2n) is 10.8. The molecule has 0 saturated heterocycles. The molecule has 4 aromatic rings. The van der Waals surface area contributed by atoms with Crippen LogP contribution in [0.5, 0.6) is 17.2 Å². The average Bonchev–Trinajstić information content (AvgIpc) is 3.47. The molecule has 2 N–H and O–H groups in total. The number of carbonyl (C=O) groups is 1. The van der Waals surface area contributed by atoms with Gasteiger partial charge in [0.25, 0.3) is 5.91 Å². The van der Waals surface area contributed by atoms with Gasteiger partial charge in [0.05, 0.1) is 20.3 Å². The molecule has 2 atom stereocenters. The zero-order chi connectivity index (χ0) is 31.5. The van der Waals surface area contributed by atoms with E-state index < -0.39 is 11.6 Å². The van der Waals surface area contributed by atoms with Crippen LogP contribution in [0.25, 0.3) is 0 Å². The Bertz CT molecular complexity index is 1570. The van der Waals surface area contributed by atoms with Crippen LogP contribution in [0.4, 0.5) is 0 Å². The molecule has 8 heteroatoms. The molecule has 0 bridgehead atoms. The third-order valence-electron chi connectivity index (χ3n) is 7.70. The van der Waals surface area contributed by atoms with Gasteiger partial charge >= 0.3 is 0 Å². The number of nitrogens with one attached hydrogen (secondary N) is 1. The highest BCUT2D eigenvalue weighted by Gasteiger charge is 2.53. The Kier molecular flexibility index (Phi) is 10.7. The molecular weight excluding hydrogens is 568 g/mol. The van der Waals surface area contributed by atoms with E-state index in [1.165, 1.54) is 0 Å². The summed E-state index contributed by atoms with van der Waals surface area (Å²) in [5.74, 6) is 2.30. The van der Waals surface area contributed by atoms with E-state index in [1.807, 2.05) is 110 Å². The van der Waals surface area contributed by atoms with Gasteiger partial charge in [0.2, 0.25) is 5.90 Å². The molecule has 8 nitrogen and oxygen atoms in total. The zero-order valence-corrected chi connectivity index (χ0v) is 25.8. The van der Waals surface area contributed by atoms with Gasteiger partial charge < -0.3 is 29.4 Å². The highest BCUT2D eigenvalue weighted by Crippen LogP contribution is 2.43. The van der Waals surface area contributed by atoms with Crippen molar-refractivity contribution in [2.24, 2.45) is 4.99 Å². The van der Waals surface area contributed by atoms with E-state index in [4.69, 9.17) is 29.0 Å². The van der Waals surface area contributed by atoms with Crippen molar-refractivity contribution in [2.75, 3.05) is 33.5 Å². The van der Waals surface area contributed by atoms with Gasteiger partial charge in [0.15, 0.2) is 11.6 Å². The molecule has 1 aliphatic rings. The second kappa shape index (κ2) is 15.3. The van der Waals surface area contributed by atoms with Gasteiger partial charge in [0.1, 0.15) is 17.2 Å². The van der Waals surface area contributed by atoms with Crippen molar-refractivity contribution in [3.05, 3.63) is 125 Å². The normalized spacial score (nSPS) is 17.2. The van der Waals surface area contributed by atoms with E-state index in [9.17, 15) is 4.79 Å². The van der Waals surface area contributed by atoms with Crippen molar-refractivity contribution < 1.29 is 28.8 Å². The lowest BCUT2D eigenvalue weighted by Crippen LogP contribution is -2.50. The maximum Gasteiger partial charge on any atom is 0.252 e. The fourth-order valence-corrected chi connectivity index (χ4v) is 5.46. The smallest absolute Gasteiger partial charge is 0.252 e. The molecule has 234 valence electrons. The number of carbonyl (C=O) groups excluding carboxylic acids is 1. The number of rotatable bonds is 15. The Morgan fingerprint density at radius 2 is 1.71 bits per heavy atom. The predicted molar refractivity (Wildman–Crippen MR) is 174 cm³/mol. The van der Waals surface area contributed by atoms with Crippen molar-refractivity contribution >= 4 is 11.8 Å². The Morgan fingerprint density at radius 3 is 2.47 bits per heavy atom. The van der Waals surface area contributed by atoms with Crippen LogP contribution in [0, 0.1) is 0 Å². The SMILES string of the molecule is CCOc1ccccc1CCNC(=O)[C@]1(Cc2ccccc2)N=C(c2ccc(OCCCO)cc2)O[C@@H]1c1cccc(OC)c1. The maximum atomic E-state index is 14.5. The summed E-state index contributed by atoms with van der Waals surface area (Å²) in [6.45, 7) is 3.41. The minimum absolute atomic E-state index is 0.0684. The average molecular weight is 609 g/mol. The number of aliphatic imine (C=N–C) groups is 1. The molecule has 0 fully saturated rings. The summed E-state index contributed by atoms with van der Waals surface area (Å²) >= 11 is 0. The molecule has 0 radical (unpaired) electrons. The number of aliphatic hydroxyl groups excluding tert-OH is 1. The molecule has 5 rings (SSSR count). The van der Waals surface area contributed by atoms with Gasteiger partial charge in [-0.3, -0.25) is 4.79 Å². The Morgan fingerprint density at radius 1 is 0.933 bits per heavy atom. The van der Waals surface area contributed by atoms with E-state index in [1.54, 1.807) is 7.11 Å². The van der Waals surface area contributed by atoms with Crippen molar-refractivity contribution in [3.63, 3.8) is 0 Å². The first kappa shape index (κ1) is 31.6. The van der Waals surface area contributed by atoms with Crippen LogP contribution in [0.1, 0.15) is 41.7 Å². The monoisotopic (exact) mass is 608 g/mol. The van der Waals surface area contributed by atoms with E-state index in [2.05, 4.69) is 5.32 Å². The van der Waals surface area contributed by atoms with Crippen LogP contribution in [0.3, 0.4) is 0 Å². The molecule has 0 aliphatic carbocycles. The number of aliphatic hydroxyl groups is 1. The Hall–Kier alpha value is -4.82. The van der Waals surface area contributed by atoms with E-state index in [0.29, 0.717) is 56.4 Å². The third-order valence-corrected chi connectivity index (χ3v) is 7.70. The van der Waals surface area contributed by atoms with Crippen LogP contribution in [-0.2, 0) is 22.4 Å². The van der Waals surface area contributed by atoms with Gasteiger partial charge in [-0.05, 0) is 72.5 Å². The molecule has 1 heterocycles. The quantitative estimate of drug-likeness (QED) is 0.168. The summed E-state index contributed by atoms with van der Waals surface area (Å²) in [5.41, 5.74) is 2.19. The summed E-state index contributed by atoms with van der Waals surface area (Å²) in [4.78, 5) is 19.6. The lowest BCUT2D eigenvalue weighted by Gasteiger charge is -2.31. The Balaban J connectivity index is 1.50. The van der Waals surface area contributed by atoms with Gasteiger partial charge in [-0.15, -0.1) is 0 Å². The molecule has 0 saturated carbocycles. The molecular formula is C37H40N2O6. The van der Waals surface area contributed by atoms with Gasteiger partial charge in [-0.1, -0.05) is 60.7 Å². The topological polar surface area (TPSA) is 98.6 Å². The molecule has 0 unspecified atom stereocenters. The van der Waals surface area contributed by atoms with Crippen LogP contribution >= 0.6 is 0 Å². The van der Waals surface area contributed by atoms with Crippen LogP contribution in [0.15, 0.2) is 108 Å². The molecule has 0 aromatic heterocycles. The third kappa shape index (κ3) is 7.64. The van der Waals surface area contributed by atoms with Gasteiger partial charge in [0, 0.05) is 31.6 Å².